The van der Waals surface area contributed by atoms with Crippen LogP contribution in [0.15, 0.2) is 0 Å². The Labute approximate surface area is 67.1 Å². The maximum absolute atomic E-state index is 10.9. The Morgan fingerprint density at radius 3 is 2.73 bits per heavy atom. The molecule has 0 aromatic heterocycles. The van der Waals surface area contributed by atoms with E-state index < -0.39 is 0 Å². The van der Waals surface area contributed by atoms with Gasteiger partial charge in [-0.3, -0.25) is 4.79 Å². The van der Waals surface area contributed by atoms with Gasteiger partial charge >= 0.3 is 5.97 Å². The summed E-state index contributed by atoms with van der Waals surface area (Å²) in [7, 11) is 1.36. The predicted octanol–water partition coefficient (Wildman–Crippen LogP) is -0.514. The highest BCUT2D eigenvalue weighted by atomic mass is 16.5. The summed E-state index contributed by atoms with van der Waals surface area (Å²) in [5, 5.41) is 2.97. The first-order valence-electron chi connectivity index (χ1n) is 3.77. The van der Waals surface area contributed by atoms with E-state index in [0.717, 1.165) is 13.0 Å². The molecule has 0 aliphatic rings. The monoisotopic (exact) mass is 160 g/mol. The largest absolute Gasteiger partial charge is 0.468 e. The number of methoxy groups -OCH3 is 1. The van der Waals surface area contributed by atoms with E-state index >= 15 is 0 Å². The molecule has 0 saturated heterocycles. The van der Waals surface area contributed by atoms with E-state index in [-0.39, 0.29) is 18.6 Å². The third kappa shape index (κ3) is 3.95. The number of hydrogen-bond donors (Lipinski definition) is 2. The predicted molar refractivity (Wildman–Crippen MR) is 43.2 cm³/mol. The van der Waals surface area contributed by atoms with E-state index in [9.17, 15) is 4.79 Å². The maximum atomic E-state index is 10.9. The molecule has 66 valence electrons. The summed E-state index contributed by atoms with van der Waals surface area (Å²) in [6.07, 6.45) is 0.980. The first-order chi connectivity index (χ1) is 5.26. The Kier molecular flexibility index (Phi) is 5.78. The van der Waals surface area contributed by atoms with Crippen LogP contribution in [-0.2, 0) is 9.53 Å². The molecule has 0 spiro atoms. The Balaban J connectivity index is 3.65. The minimum atomic E-state index is -0.347. The fourth-order valence-electron chi connectivity index (χ4n) is 0.724. The number of esters is 1. The molecule has 0 bridgehead atoms. The van der Waals surface area contributed by atoms with E-state index in [2.05, 4.69) is 10.1 Å². The Morgan fingerprint density at radius 1 is 1.73 bits per heavy atom. The third-order valence-corrected chi connectivity index (χ3v) is 1.36. The van der Waals surface area contributed by atoms with Gasteiger partial charge in [0.05, 0.1) is 7.11 Å². The van der Waals surface area contributed by atoms with Crippen molar-refractivity contribution < 1.29 is 9.53 Å². The molecular formula is C7H16N2O2. The molecule has 0 aliphatic carbocycles. The molecule has 1 atom stereocenters. The topological polar surface area (TPSA) is 64.3 Å². The molecule has 3 N–H and O–H groups in total. The number of ether oxygens (including phenoxy) is 1. The van der Waals surface area contributed by atoms with E-state index in [1.165, 1.54) is 7.11 Å². The van der Waals surface area contributed by atoms with Gasteiger partial charge in [-0.15, -0.1) is 0 Å². The van der Waals surface area contributed by atoms with Crippen LogP contribution >= 0.6 is 0 Å². The number of nitrogens with one attached hydrogen (secondary N) is 1. The van der Waals surface area contributed by atoms with E-state index in [1.54, 1.807) is 0 Å². The molecular weight excluding hydrogens is 144 g/mol. The molecule has 0 fully saturated rings. The zero-order valence-electron chi connectivity index (χ0n) is 7.09. The van der Waals surface area contributed by atoms with Crippen LogP contribution < -0.4 is 11.1 Å². The van der Waals surface area contributed by atoms with Crippen molar-refractivity contribution in [2.24, 2.45) is 5.73 Å². The average Bonchev–Trinajstić information content (AvgIpc) is 2.05. The minimum absolute atomic E-state index is 0.284. The summed E-state index contributed by atoms with van der Waals surface area (Å²) < 4.78 is 4.52. The number of nitrogens with two attached hydrogens (primary N) is 1. The van der Waals surface area contributed by atoms with E-state index in [1.807, 2.05) is 6.92 Å². The SMILES string of the molecule is CCCNC(CN)C(=O)OC. The summed E-state index contributed by atoms with van der Waals surface area (Å²) in [5.41, 5.74) is 5.33. The van der Waals surface area contributed by atoms with Gasteiger partial charge in [0.2, 0.25) is 0 Å². The van der Waals surface area contributed by atoms with Crippen molar-refractivity contribution in [1.82, 2.24) is 5.32 Å². The molecule has 1 unspecified atom stereocenters. The van der Waals surface area contributed by atoms with E-state index in [0.29, 0.717) is 0 Å². The second-order valence-electron chi connectivity index (χ2n) is 2.27. The Morgan fingerprint density at radius 2 is 2.36 bits per heavy atom. The quantitative estimate of drug-likeness (QED) is 0.531. The number of hydrogen-bond acceptors (Lipinski definition) is 4. The van der Waals surface area contributed by atoms with Crippen molar-refractivity contribution >= 4 is 5.97 Å². The van der Waals surface area contributed by atoms with Gasteiger partial charge in [0, 0.05) is 6.54 Å². The van der Waals surface area contributed by atoms with Crippen LogP contribution in [0.3, 0.4) is 0 Å². The fourth-order valence-corrected chi connectivity index (χ4v) is 0.724. The lowest BCUT2D eigenvalue weighted by Gasteiger charge is -2.12. The van der Waals surface area contributed by atoms with Gasteiger partial charge in [0.25, 0.3) is 0 Å². The highest BCUT2D eigenvalue weighted by Crippen LogP contribution is 1.85. The second-order valence-corrected chi connectivity index (χ2v) is 2.27. The number of carbonyl (C=O) groups excluding carboxylic acids is 1. The zero-order valence-corrected chi connectivity index (χ0v) is 7.09. The number of carbonyl (C=O) groups is 1. The van der Waals surface area contributed by atoms with Crippen molar-refractivity contribution in [3.63, 3.8) is 0 Å². The lowest BCUT2D eigenvalue weighted by atomic mass is 10.3. The molecule has 11 heavy (non-hydrogen) atoms. The van der Waals surface area contributed by atoms with Crippen molar-refractivity contribution in [2.45, 2.75) is 19.4 Å². The van der Waals surface area contributed by atoms with Gasteiger partial charge in [-0.05, 0) is 13.0 Å². The van der Waals surface area contributed by atoms with Crippen LogP contribution in [0.4, 0.5) is 0 Å². The fraction of sp³-hybridized carbons (Fsp3) is 0.857. The first kappa shape index (κ1) is 10.4. The lowest BCUT2D eigenvalue weighted by Crippen LogP contribution is -2.43. The molecule has 0 saturated carbocycles. The molecule has 0 rings (SSSR count). The van der Waals surface area contributed by atoms with Gasteiger partial charge in [-0.2, -0.15) is 0 Å². The first-order valence-corrected chi connectivity index (χ1v) is 3.77. The summed E-state index contributed by atoms with van der Waals surface area (Å²) in [6.45, 7) is 3.10. The normalized spacial score (nSPS) is 12.6. The van der Waals surface area contributed by atoms with Gasteiger partial charge in [0.1, 0.15) is 6.04 Å². The standard InChI is InChI=1S/C7H16N2O2/c1-3-4-9-6(5-8)7(10)11-2/h6,9H,3-5,8H2,1-2H3. The zero-order chi connectivity index (χ0) is 8.69. The molecule has 4 nitrogen and oxygen atoms in total. The minimum Gasteiger partial charge on any atom is -0.468 e. The smallest absolute Gasteiger partial charge is 0.324 e. The van der Waals surface area contributed by atoms with Crippen LogP contribution in [0.25, 0.3) is 0 Å². The molecule has 0 amide bonds. The highest BCUT2D eigenvalue weighted by Gasteiger charge is 2.14. The molecule has 0 aromatic carbocycles. The van der Waals surface area contributed by atoms with Crippen molar-refractivity contribution in [2.75, 3.05) is 20.2 Å². The van der Waals surface area contributed by atoms with Crippen LogP contribution in [0.5, 0.6) is 0 Å². The summed E-state index contributed by atoms with van der Waals surface area (Å²) in [6, 6.07) is -0.347. The molecule has 0 heterocycles. The Hall–Kier alpha value is -0.610. The average molecular weight is 160 g/mol. The van der Waals surface area contributed by atoms with Crippen LogP contribution in [-0.4, -0.2) is 32.2 Å². The second kappa shape index (κ2) is 6.12. The van der Waals surface area contributed by atoms with Gasteiger partial charge in [-0.1, -0.05) is 6.92 Å². The summed E-state index contributed by atoms with van der Waals surface area (Å²) >= 11 is 0. The molecule has 0 aliphatic heterocycles. The van der Waals surface area contributed by atoms with Crippen molar-refractivity contribution in [3.8, 4) is 0 Å². The Bertz CT molecular complexity index is 117. The van der Waals surface area contributed by atoms with Gasteiger partial charge in [0.15, 0.2) is 0 Å². The van der Waals surface area contributed by atoms with Crippen LogP contribution in [0.1, 0.15) is 13.3 Å². The summed E-state index contributed by atoms with van der Waals surface area (Å²) in [4.78, 5) is 10.9. The lowest BCUT2D eigenvalue weighted by molar-refractivity contribution is -0.142. The number of rotatable bonds is 5. The highest BCUT2D eigenvalue weighted by molar-refractivity contribution is 5.75. The molecule has 0 aromatic rings. The van der Waals surface area contributed by atoms with Crippen LogP contribution in [0.2, 0.25) is 0 Å². The van der Waals surface area contributed by atoms with E-state index in [4.69, 9.17) is 5.73 Å². The van der Waals surface area contributed by atoms with Crippen molar-refractivity contribution in [3.05, 3.63) is 0 Å². The van der Waals surface area contributed by atoms with Crippen molar-refractivity contribution in [1.29, 1.82) is 0 Å². The van der Waals surface area contributed by atoms with Gasteiger partial charge < -0.3 is 15.8 Å². The molecule has 0 radical (unpaired) electrons. The van der Waals surface area contributed by atoms with Crippen LogP contribution in [0, 0.1) is 0 Å². The summed E-state index contributed by atoms with van der Waals surface area (Å²) in [5.74, 6) is -0.291. The van der Waals surface area contributed by atoms with Gasteiger partial charge in [-0.25, -0.2) is 0 Å². The third-order valence-electron chi connectivity index (χ3n) is 1.36. The molecule has 4 heteroatoms. The maximum Gasteiger partial charge on any atom is 0.324 e.